The molecule has 21 heavy (non-hydrogen) atoms. The van der Waals surface area contributed by atoms with Crippen molar-refractivity contribution in [2.75, 3.05) is 17.7 Å². The number of benzene rings is 1. The number of hydrogen-bond donors (Lipinski definition) is 1. The highest BCUT2D eigenvalue weighted by atomic mass is 19.1. The molecule has 0 saturated carbocycles. The second kappa shape index (κ2) is 6.03. The second-order valence-corrected chi connectivity index (χ2v) is 5.29. The van der Waals surface area contributed by atoms with Crippen molar-refractivity contribution >= 4 is 11.4 Å². The van der Waals surface area contributed by atoms with E-state index in [0.717, 1.165) is 11.5 Å². The van der Waals surface area contributed by atoms with Crippen molar-refractivity contribution in [2.24, 2.45) is 0 Å². The Hall–Kier alpha value is -2.24. The van der Waals surface area contributed by atoms with E-state index in [1.165, 1.54) is 6.07 Å². The summed E-state index contributed by atoms with van der Waals surface area (Å²) in [5, 5.41) is 3.94. The molecule has 5 nitrogen and oxygen atoms in total. The predicted molar refractivity (Wildman–Crippen MR) is 79.9 cm³/mol. The van der Waals surface area contributed by atoms with Crippen LogP contribution in [0.1, 0.15) is 25.3 Å². The molecule has 0 bridgehead atoms. The summed E-state index contributed by atoms with van der Waals surface area (Å²) < 4.78 is 24.3. The van der Waals surface area contributed by atoms with Crippen molar-refractivity contribution in [3.63, 3.8) is 0 Å². The van der Waals surface area contributed by atoms with Gasteiger partial charge in [0, 0.05) is 25.2 Å². The zero-order valence-electron chi connectivity index (χ0n) is 12.7. The second-order valence-electron chi connectivity index (χ2n) is 5.29. The highest BCUT2D eigenvalue weighted by Gasteiger charge is 2.14. The Morgan fingerprint density at radius 1 is 1.38 bits per heavy atom. The zero-order valence-corrected chi connectivity index (χ0v) is 12.7. The third-order valence-corrected chi connectivity index (χ3v) is 2.93. The van der Waals surface area contributed by atoms with Crippen LogP contribution >= 0.6 is 0 Å². The van der Waals surface area contributed by atoms with Crippen LogP contribution in [0.3, 0.4) is 0 Å². The largest absolute Gasteiger partial charge is 0.488 e. The van der Waals surface area contributed by atoms with Crippen LogP contribution in [0.2, 0.25) is 0 Å². The molecule has 0 saturated heterocycles. The van der Waals surface area contributed by atoms with Gasteiger partial charge in [-0.05, 0) is 20.8 Å². The molecule has 2 aromatic rings. The maximum Gasteiger partial charge on any atom is 0.167 e. The Kier molecular flexibility index (Phi) is 4.35. The molecule has 6 heteroatoms. The van der Waals surface area contributed by atoms with Crippen LogP contribution in [0.4, 0.5) is 15.8 Å². The first-order chi connectivity index (χ1) is 9.86. The van der Waals surface area contributed by atoms with Crippen molar-refractivity contribution in [3.8, 4) is 5.75 Å². The molecule has 0 aliphatic carbocycles. The minimum Gasteiger partial charge on any atom is -0.488 e. The van der Waals surface area contributed by atoms with Gasteiger partial charge < -0.3 is 19.9 Å². The average molecular weight is 293 g/mol. The van der Waals surface area contributed by atoms with Gasteiger partial charge in [-0.3, -0.25) is 0 Å². The van der Waals surface area contributed by atoms with Crippen LogP contribution in [-0.4, -0.2) is 18.3 Å². The number of ether oxygens (including phenoxy) is 1. The van der Waals surface area contributed by atoms with Gasteiger partial charge in [0.25, 0.3) is 0 Å². The van der Waals surface area contributed by atoms with Gasteiger partial charge in [0.2, 0.25) is 0 Å². The Morgan fingerprint density at radius 3 is 2.67 bits per heavy atom. The summed E-state index contributed by atoms with van der Waals surface area (Å²) in [4.78, 5) is 1.87. The fourth-order valence-corrected chi connectivity index (χ4v) is 2.05. The molecule has 0 aliphatic heterocycles. The number of nitrogens with zero attached hydrogens (tertiary/aromatic N) is 2. The van der Waals surface area contributed by atoms with E-state index in [4.69, 9.17) is 15.0 Å². The van der Waals surface area contributed by atoms with Gasteiger partial charge in [0.1, 0.15) is 11.5 Å². The monoisotopic (exact) mass is 293 g/mol. The van der Waals surface area contributed by atoms with E-state index >= 15 is 0 Å². The molecule has 0 aliphatic rings. The lowest BCUT2D eigenvalue weighted by Crippen LogP contribution is -2.19. The number of anilines is 2. The summed E-state index contributed by atoms with van der Waals surface area (Å²) in [5.74, 6) is 0.474. The molecular formula is C15H20FN3O2. The van der Waals surface area contributed by atoms with Crippen molar-refractivity contribution in [2.45, 2.75) is 33.4 Å². The number of nitrogen functional groups attached to an aromatic ring is 1. The number of aromatic nitrogens is 1. The van der Waals surface area contributed by atoms with Crippen LogP contribution in [-0.2, 0) is 6.54 Å². The third kappa shape index (κ3) is 3.65. The Labute approximate surface area is 123 Å². The van der Waals surface area contributed by atoms with E-state index < -0.39 is 5.82 Å². The Morgan fingerprint density at radius 2 is 2.10 bits per heavy atom. The van der Waals surface area contributed by atoms with E-state index in [1.807, 2.05) is 38.8 Å². The van der Waals surface area contributed by atoms with Crippen LogP contribution < -0.4 is 15.4 Å². The van der Waals surface area contributed by atoms with Gasteiger partial charge in [-0.25, -0.2) is 4.39 Å². The summed E-state index contributed by atoms with van der Waals surface area (Å²) >= 11 is 0. The highest BCUT2D eigenvalue weighted by Crippen LogP contribution is 2.31. The van der Waals surface area contributed by atoms with Gasteiger partial charge in [-0.1, -0.05) is 5.16 Å². The lowest BCUT2D eigenvalue weighted by atomic mass is 10.2. The minimum atomic E-state index is -0.462. The molecule has 0 fully saturated rings. The lowest BCUT2D eigenvalue weighted by Gasteiger charge is -2.21. The summed E-state index contributed by atoms with van der Waals surface area (Å²) in [6, 6.07) is 4.73. The van der Waals surface area contributed by atoms with Crippen LogP contribution in [0, 0.1) is 12.7 Å². The molecule has 1 aromatic carbocycles. The molecule has 2 N–H and O–H groups in total. The fraction of sp³-hybridized carbons (Fsp3) is 0.400. The first-order valence-corrected chi connectivity index (χ1v) is 6.76. The Balaban J connectivity index is 2.25. The van der Waals surface area contributed by atoms with Gasteiger partial charge in [0.05, 0.1) is 24.0 Å². The average Bonchev–Trinajstić information content (AvgIpc) is 2.77. The van der Waals surface area contributed by atoms with Crippen LogP contribution in [0.25, 0.3) is 0 Å². The molecule has 1 aromatic heterocycles. The highest BCUT2D eigenvalue weighted by molar-refractivity contribution is 5.69. The number of hydrogen-bond acceptors (Lipinski definition) is 5. The minimum absolute atomic E-state index is 0.112. The standard InChI is InChI=1S/C15H20FN3O2/c1-9(2)20-15-7-14(13(17)6-12(15)16)19(4)8-11-5-10(3)21-18-11/h5-7,9H,8,17H2,1-4H3. The SMILES string of the molecule is Cc1cc(CN(C)c2cc(OC(C)C)c(F)cc2N)no1. The fourth-order valence-electron chi connectivity index (χ4n) is 2.05. The maximum absolute atomic E-state index is 13.8. The first kappa shape index (κ1) is 15.2. The van der Waals surface area contributed by atoms with E-state index in [-0.39, 0.29) is 11.9 Å². The normalized spacial score (nSPS) is 11.0. The zero-order chi connectivity index (χ0) is 15.6. The molecule has 0 unspecified atom stereocenters. The Bertz CT molecular complexity index is 625. The molecule has 0 spiro atoms. The number of rotatable bonds is 5. The molecule has 0 radical (unpaired) electrons. The van der Waals surface area contributed by atoms with Crippen molar-refractivity contribution in [1.82, 2.24) is 5.16 Å². The number of nitrogens with two attached hydrogens (primary N) is 1. The molecule has 2 rings (SSSR count). The van der Waals surface area contributed by atoms with Crippen LogP contribution in [0.15, 0.2) is 22.7 Å². The van der Waals surface area contributed by atoms with E-state index in [1.54, 1.807) is 6.07 Å². The summed E-state index contributed by atoms with van der Waals surface area (Å²) in [5.41, 5.74) is 7.72. The number of halogens is 1. The third-order valence-electron chi connectivity index (χ3n) is 2.93. The quantitative estimate of drug-likeness (QED) is 0.858. The van der Waals surface area contributed by atoms with Crippen LogP contribution in [0.5, 0.6) is 5.75 Å². The lowest BCUT2D eigenvalue weighted by molar-refractivity contribution is 0.231. The first-order valence-electron chi connectivity index (χ1n) is 6.76. The van der Waals surface area contributed by atoms with Gasteiger partial charge in [-0.15, -0.1) is 0 Å². The van der Waals surface area contributed by atoms with E-state index in [9.17, 15) is 4.39 Å². The molecule has 114 valence electrons. The molecule has 0 amide bonds. The van der Waals surface area contributed by atoms with Crippen molar-refractivity contribution in [3.05, 3.63) is 35.5 Å². The topological polar surface area (TPSA) is 64.5 Å². The van der Waals surface area contributed by atoms with Gasteiger partial charge >= 0.3 is 0 Å². The van der Waals surface area contributed by atoms with Crippen molar-refractivity contribution < 1.29 is 13.7 Å². The summed E-state index contributed by atoms with van der Waals surface area (Å²) in [6.07, 6.45) is -0.112. The summed E-state index contributed by atoms with van der Waals surface area (Å²) in [7, 11) is 1.85. The smallest absolute Gasteiger partial charge is 0.167 e. The molecular weight excluding hydrogens is 273 g/mol. The molecule has 0 atom stereocenters. The predicted octanol–water partition coefficient (Wildman–Crippen LogP) is 3.13. The van der Waals surface area contributed by atoms with Gasteiger partial charge in [0.15, 0.2) is 11.6 Å². The molecule has 1 heterocycles. The van der Waals surface area contributed by atoms with Crippen molar-refractivity contribution in [1.29, 1.82) is 0 Å². The number of aryl methyl sites for hydroxylation is 1. The maximum atomic E-state index is 13.8. The van der Waals surface area contributed by atoms with Gasteiger partial charge in [-0.2, -0.15) is 0 Å². The van der Waals surface area contributed by atoms with E-state index in [2.05, 4.69) is 5.16 Å². The van der Waals surface area contributed by atoms with E-state index in [0.29, 0.717) is 17.9 Å². The summed E-state index contributed by atoms with van der Waals surface area (Å²) in [6.45, 7) is 6.03.